The van der Waals surface area contributed by atoms with Gasteiger partial charge in [-0.2, -0.15) is 21.6 Å². The monoisotopic (exact) mass is 510 g/mol. The lowest BCUT2D eigenvalue weighted by molar-refractivity contribution is -0.135. The molecule has 3 aromatic rings. The van der Waals surface area contributed by atoms with Crippen LogP contribution in [0.25, 0.3) is 0 Å². The second kappa shape index (κ2) is 11.9. The van der Waals surface area contributed by atoms with Gasteiger partial charge in [-0.3, -0.25) is 0 Å². The van der Waals surface area contributed by atoms with Gasteiger partial charge in [0, 0.05) is 21.1 Å². The fourth-order valence-corrected chi connectivity index (χ4v) is 9.14. The predicted molar refractivity (Wildman–Crippen MR) is 130 cm³/mol. The molecule has 0 amide bonds. The van der Waals surface area contributed by atoms with Crippen LogP contribution in [0.1, 0.15) is 38.5 Å². The second-order valence-electron chi connectivity index (χ2n) is 7.96. The zero-order valence-electron chi connectivity index (χ0n) is 18.8. The van der Waals surface area contributed by atoms with Crippen molar-refractivity contribution in [2.24, 2.45) is 0 Å². The molecule has 0 bridgehead atoms. The highest BCUT2D eigenvalue weighted by atomic mass is 32.3. The molecule has 3 aromatic carbocycles. The van der Waals surface area contributed by atoms with Crippen molar-refractivity contribution >= 4 is 20.4 Å². The van der Waals surface area contributed by atoms with E-state index in [4.69, 9.17) is 3.63 Å². The van der Waals surface area contributed by atoms with E-state index in [1.54, 1.807) is 0 Å². The highest BCUT2D eigenvalue weighted by Gasteiger charge is 2.37. The molecule has 0 heterocycles. The second-order valence-corrected chi connectivity index (χ2v) is 12.6. The summed E-state index contributed by atoms with van der Waals surface area (Å²) in [5.41, 5.74) is 0. The molecule has 0 spiro atoms. The fourth-order valence-electron chi connectivity index (χ4n) is 3.69. The fraction of sp³-hybridized carbons (Fsp3) is 0.308. The minimum atomic E-state index is -4.14. The van der Waals surface area contributed by atoms with Crippen molar-refractivity contribution in [3.05, 3.63) is 91.0 Å². The molecular weight excluding hydrogens is 481 g/mol. The molecule has 184 valence electrons. The Hall–Kier alpha value is -2.29. The molecule has 8 heteroatoms. The lowest BCUT2D eigenvalue weighted by atomic mass is 10.1. The summed E-state index contributed by atoms with van der Waals surface area (Å²) < 4.78 is 69.4. The molecule has 0 fully saturated rings. The van der Waals surface area contributed by atoms with Crippen LogP contribution in [0.2, 0.25) is 0 Å². The summed E-state index contributed by atoms with van der Waals surface area (Å²) in [7, 11) is -6.51. The van der Waals surface area contributed by atoms with Gasteiger partial charge < -0.3 is 0 Å². The third-order valence-electron chi connectivity index (χ3n) is 5.29. The summed E-state index contributed by atoms with van der Waals surface area (Å²) in [6.45, 7) is 0. The SMILES string of the molecule is O=S(=O)(CCCCCCCC(F)(F)F)OS(c1ccccc1)(c1ccccc1)c1ccccc1. The molecule has 0 aromatic heterocycles. The number of unbranched alkanes of at least 4 members (excludes halogenated alkanes) is 4. The minimum absolute atomic E-state index is 0.0655. The van der Waals surface area contributed by atoms with Crippen molar-refractivity contribution < 1.29 is 25.2 Å². The third-order valence-corrected chi connectivity index (χ3v) is 10.5. The number of rotatable bonds is 12. The Morgan fingerprint density at radius 3 is 1.38 bits per heavy atom. The maximum absolute atomic E-state index is 13.2. The van der Waals surface area contributed by atoms with Crippen LogP contribution >= 0.6 is 10.3 Å². The quantitative estimate of drug-likeness (QED) is 0.231. The van der Waals surface area contributed by atoms with Crippen molar-refractivity contribution in [3.8, 4) is 0 Å². The van der Waals surface area contributed by atoms with Gasteiger partial charge in [-0.15, -0.1) is 0 Å². The average molecular weight is 511 g/mol. The maximum Gasteiger partial charge on any atom is 0.389 e. The van der Waals surface area contributed by atoms with Crippen LogP contribution < -0.4 is 0 Å². The largest absolute Gasteiger partial charge is 0.389 e. The molecule has 0 saturated carbocycles. The number of hydrogen-bond donors (Lipinski definition) is 0. The lowest BCUT2D eigenvalue weighted by Gasteiger charge is -2.39. The van der Waals surface area contributed by atoms with Gasteiger partial charge in [-0.1, -0.05) is 73.9 Å². The smallest absolute Gasteiger partial charge is 0.207 e. The van der Waals surface area contributed by atoms with Gasteiger partial charge >= 0.3 is 6.18 Å². The van der Waals surface area contributed by atoms with Crippen molar-refractivity contribution in [3.63, 3.8) is 0 Å². The number of hydrogen-bond acceptors (Lipinski definition) is 3. The molecule has 0 atom stereocenters. The summed E-state index contributed by atoms with van der Waals surface area (Å²) in [5.74, 6) is -0.187. The number of halogens is 3. The molecule has 0 saturated heterocycles. The van der Waals surface area contributed by atoms with Crippen molar-refractivity contribution in [2.45, 2.75) is 59.4 Å². The van der Waals surface area contributed by atoms with E-state index in [1.807, 2.05) is 91.0 Å². The summed E-state index contributed by atoms with van der Waals surface area (Å²) in [4.78, 5) is 2.30. The Morgan fingerprint density at radius 1 is 0.588 bits per heavy atom. The minimum Gasteiger partial charge on any atom is -0.207 e. The molecule has 34 heavy (non-hydrogen) atoms. The first-order valence-corrected chi connectivity index (χ1v) is 14.4. The molecule has 3 rings (SSSR count). The number of benzene rings is 3. The molecule has 0 aliphatic rings. The summed E-state index contributed by atoms with van der Waals surface area (Å²) >= 11 is 0. The topological polar surface area (TPSA) is 43.4 Å². The summed E-state index contributed by atoms with van der Waals surface area (Å²) in [6.07, 6.45) is -3.03. The van der Waals surface area contributed by atoms with E-state index in [-0.39, 0.29) is 12.2 Å². The van der Waals surface area contributed by atoms with Crippen molar-refractivity contribution in [2.75, 3.05) is 5.75 Å². The van der Waals surface area contributed by atoms with E-state index in [0.29, 0.717) is 25.7 Å². The number of alkyl halides is 3. The van der Waals surface area contributed by atoms with Crippen molar-refractivity contribution in [1.29, 1.82) is 0 Å². The van der Waals surface area contributed by atoms with Gasteiger partial charge in [-0.25, -0.2) is 3.63 Å². The van der Waals surface area contributed by atoms with E-state index < -0.39 is 33.0 Å². The first-order valence-electron chi connectivity index (χ1n) is 11.2. The van der Waals surface area contributed by atoms with Gasteiger partial charge in [0.25, 0.3) is 10.1 Å². The first kappa shape index (κ1) is 26.3. The average Bonchev–Trinajstić information content (AvgIpc) is 2.83. The molecule has 0 radical (unpaired) electrons. The molecule has 3 nitrogen and oxygen atoms in total. The van der Waals surface area contributed by atoms with Crippen LogP contribution in [0.15, 0.2) is 106 Å². The van der Waals surface area contributed by atoms with Crippen LogP contribution in [0, 0.1) is 0 Å². The lowest BCUT2D eigenvalue weighted by Crippen LogP contribution is -2.16. The van der Waals surface area contributed by atoms with Crippen LogP contribution in [-0.4, -0.2) is 20.3 Å². The van der Waals surface area contributed by atoms with E-state index in [9.17, 15) is 21.6 Å². The van der Waals surface area contributed by atoms with Gasteiger partial charge in [0.2, 0.25) is 0 Å². The zero-order chi connectivity index (χ0) is 24.5. The highest BCUT2D eigenvalue weighted by Crippen LogP contribution is 2.69. The van der Waals surface area contributed by atoms with Crippen LogP contribution in [0.5, 0.6) is 0 Å². The van der Waals surface area contributed by atoms with Gasteiger partial charge in [-0.05, 0) is 59.5 Å². The Morgan fingerprint density at radius 2 is 0.971 bits per heavy atom. The molecule has 0 aliphatic heterocycles. The standard InChI is InChI=1S/C26H29F3O3S2/c27-26(28,29)21-13-2-1-3-14-22-33(30,31)32-34(23-15-7-4-8-16-23,24-17-9-5-10-18-24)25-19-11-6-12-20-25/h4-12,15-20H,1-3,13-14,21-22H2. The maximum atomic E-state index is 13.2. The van der Waals surface area contributed by atoms with Crippen LogP contribution in [0.3, 0.4) is 0 Å². The summed E-state index contributed by atoms with van der Waals surface area (Å²) in [5, 5.41) is 0. The van der Waals surface area contributed by atoms with Crippen molar-refractivity contribution in [1.82, 2.24) is 0 Å². The Balaban J connectivity index is 1.82. The van der Waals surface area contributed by atoms with Crippen LogP contribution in [0.4, 0.5) is 13.2 Å². The Bertz CT molecular complexity index is 1010. The molecule has 0 N–H and O–H groups in total. The van der Waals surface area contributed by atoms with Gasteiger partial charge in [0.15, 0.2) is 0 Å². The molecule has 0 aliphatic carbocycles. The van der Waals surface area contributed by atoms with E-state index >= 15 is 0 Å². The highest BCUT2D eigenvalue weighted by molar-refractivity contribution is 8.33. The zero-order valence-corrected chi connectivity index (χ0v) is 20.4. The molecule has 0 unspecified atom stereocenters. The Kier molecular flexibility index (Phi) is 9.22. The Labute approximate surface area is 201 Å². The summed E-state index contributed by atoms with van der Waals surface area (Å²) in [6, 6.07) is 28.1. The first-order chi connectivity index (χ1) is 16.2. The normalized spacial score (nSPS) is 13.0. The third kappa shape index (κ3) is 7.35. The van der Waals surface area contributed by atoms with E-state index in [1.165, 1.54) is 0 Å². The van der Waals surface area contributed by atoms with E-state index in [0.717, 1.165) is 14.7 Å². The van der Waals surface area contributed by atoms with E-state index in [2.05, 4.69) is 0 Å². The van der Waals surface area contributed by atoms with Crippen LogP contribution in [-0.2, 0) is 13.7 Å². The van der Waals surface area contributed by atoms with Gasteiger partial charge in [0.05, 0.1) is 5.75 Å². The van der Waals surface area contributed by atoms with Gasteiger partial charge in [0.1, 0.15) is 0 Å². The predicted octanol–water partition coefficient (Wildman–Crippen LogP) is 8.13. The molecular formula is C26H29F3O3S2.